The third-order valence-electron chi connectivity index (χ3n) is 2.34. The molecular weight excluding hydrogens is 250 g/mol. The lowest BCUT2D eigenvalue weighted by Crippen LogP contribution is -2.29. The van der Waals surface area contributed by atoms with Crippen LogP contribution in [-0.2, 0) is 6.42 Å². The van der Waals surface area contributed by atoms with Gasteiger partial charge in [0, 0.05) is 10.5 Å². The van der Waals surface area contributed by atoms with Gasteiger partial charge in [0.15, 0.2) is 0 Å². The van der Waals surface area contributed by atoms with Crippen molar-refractivity contribution in [1.82, 2.24) is 5.32 Å². The Morgan fingerprint density at radius 2 is 2.20 bits per heavy atom. The predicted octanol–water partition coefficient (Wildman–Crippen LogP) is 3.55. The summed E-state index contributed by atoms with van der Waals surface area (Å²) < 4.78 is 1.18. The standard InChI is InChI=1S/C13H18BrN/c1-3-9-15-12(4-2)10-11-7-5-6-8-13(11)14/h4-8,12,15H,2-3,9-10H2,1H3. The van der Waals surface area contributed by atoms with Crippen molar-refractivity contribution in [1.29, 1.82) is 0 Å². The van der Waals surface area contributed by atoms with Crippen LogP contribution in [0.3, 0.4) is 0 Å². The van der Waals surface area contributed by atoms with Crippen LogP contribution < -0.4 is 5.32 Å². The Balaban J connectivity index is 2.58. The van der Waals surface area contributed by atoms with Gasteiger partial charge in [-0.3, -0.25) is 0 Å². The SMILES string of the molecule is C=CC(Cc1ccccc1Br)NCCC. The maximum atomic E-state index is 3.86. The summed E-state index contributed by atoms with van der Waals surface area (Å²) in [7, 11) is 0. The quantitative estimate of drug-likeness (QED) is 0.778. The van der Waals surface area contributed by atoms with E-state index in [0.29, 0.717) is 6.04 Å². The predicted molar refractivity (Wildman–Crippen MR) is 70.1 cm³/mol. The van der Waals surface area contributed by atoms with Crippen LogP contribution in [0.2, 0.25) is 0 Å². The molecular formula is C13H18BrN. The molecule has 0 saturated carbocycles. The average Bonchev–Trinajstić information content (AvgIpc) is 2.26. The Bertz CT molecular complexity index is 309. The second kappa shape index (κ2) is 6.81. The van der Waals surface area contributed by atoms with Crippen molar-refractivity contribution in [2.75, 3.05) is 6.54 Å². The van der Waals surface area contributed by atoms with E-state index in [1.807, 2.05) is 12.1 Å². The fourth-order valence-corrected chi connectivity index (χ4v) is 1.92. The van der Waals surface area contributed by atoms with Gasteiger partial charge in [0.25, 0.3) is 0 Å². The number of hydrogen-bond donors (Lipinski definition) is 1. The molecule has 0 fully saturated rings. The highest BCUT2D eigenvalue weighted by molar-refractivity contribution is 9.10. The zero-order chi connectivity index (χ0) is 11.1. The highest BCUT2D eigenvalue weighted by Gasteiger charge is 2.06. The summed E-state index contributed by atoms with van der Waals surface area (Å²) in [4.78, 5) is 0. The summed E-state index contributed by atoms with van der Waals surface area (Å²) in [5.74, 6) is 0. The summed E-state index contributed by atoms with van der Waals surface area (Å²) in [6, 6.07) is 8.70. The first-order valence-electron chi connectivity index (χ1n) is 5.37. The normalized spacial score (nSPS) is 12.4. The molecule has 2 heteroatoms. The molecule has 0 aromatic heterocycles. The lowest BCUT2D eigenvalue weighted by molar-refractivity contribution is 0.585. The monoisotopic (exact) mass is 267 g/mol. The zero-order valence-electron chi connectivity index (χ0n) is 9.17. The molecule has 0 saturated heterocycles. The van der Waals surface area contributed by atoms with Crippen molar-refractivity contribution < 1.29 is 0 Å². The summed E-state index contributed by atoms with van der Waals surface area (Å²) >= 11 is 3.56. The van der Waals surface area contributed by atoms with Gasteiger partial charge < -0.3 is 5.32 Å². The molecule has 1 N–H and O–H groups in total. The molecule has 0 aliphatic rings. The molecule has 1 rings (SSSR count). The molecule has 0 aliphatic carbocycles. The number of nitrogens with one attached hydrogen (secondary N) is 1. The van der Waals surface area contributed by atoms with Crippen LogP contribution in [-0.4, -0.2) is 12.6 Å². The molecule has 0 amide bonds. The third kappa shape index (κ3) is 4.18. The minimum atomic E-state index is 0.364. The third-order valence-corrected chi connectivity index (χ3v) is 3.11. The Kier molecular flexibility index (Phi) is 5.66. The van der Waals surface area contributed by atoms with Gasteiger partial charge in [-0.05, 0) is 31.0 Å². The van der Waals surface area contributed by atoms with Crippen LogP contribution in [0.4, 0.5) is 0 Å². The number of rotatable bonds is 6. The average molecular weight is 268 g/mol. The maximum Gasteiger partial charge on any atom is 0.0288 e. The molecule has 0 bridgehead atoms. The van der Waals surface area contributed by atoms with E-state index in [0.717, 1.165) is 19.4 Å². The summed E-state index contributed by atoms with van der Waals surface area (Å²) in [5.41, 5.74) is 1.33. The first kappa shape index (κ1) is 12.5. The highest BCUT2D eigenvalue weighted by Crippen LogP contribution is 2.17. The van der Waals surface area contributed by atoms with Crippen LogP contribution >= 0.6 is 15.9 Å². The van der Waals surface area contributed by atoms with E-state index < -0.39 is 0 Å². The van der Waals surface area contributed by atoms with Crippen molar-refractivity contribution in [2.45, 2.75) is 25.8 Å². The Hall–Kier alpha value is -0.600. The van der Waals surface area contributed by atoms with Crippen LogP contribution in [0.5, 0.6) is 0 Å². The molecule has 1 atom stereocenters. The van der Waals surface area contributed by atoms with Gasteiger partial charge in [0.2, 0.25) is 0 Å². The largest absolute Gasteiger partial charge is 0.310 e. The highest BCUT2D eigenvalue weighted by atomic mass is 79.9. The molecule has 0 radical (unpaired) electrons. The molecule has 15 heavy (non-hydrogen) atoms. The van der Waals surface area contributed by atoms with Crippen LogP contribution in [0.15, 0.2) is 41.4 Å². The van der Waals surface area contributed by atoms with Crippen molar-refractivity contribution in [3.8, 4) is 0 Å². The summed E-state index contributed by atoms with van der Waals surface area (Å²) in [6.45, 7) is 7.08. The van der Waals surface area contributed by atoms with Gasteiger partial charge in [0.1, 0.15) is 0 Å². The lowest BCUT2D eigenvalue weighted by Gasteiger charge is -2.15. The number of halogens is 1. The summed E-state index contributed by atoms with van der Waals surface area (Å²) in [5, 5.41) is 3.46. The van der Waals surface area contributed by atoms with Crippen molar-refractivity contribution in [3.63, 3.8) is 0 Å². The minimum absolute atomic E-state index is 0.364. The second-order valence-electron chi connectivity index (χ2n) is 3.59. The van der Waals surface area contributed by atoms with Crippen molar-refractivity contribution in [3.05, 3.63) is 47.0 Å². The van der Waals surface area contributed by atoms with E-state index in [1.165, 1.54) is 10.0 Å². The second-order valence-corrected chi connectivity index (χ2v) is 4.45. The zero-order valence-corrected chi connectivity index (χ0v) is 10.8. The fourth-order valence-electron chi connectivity index (χ4n) is 1.47. The Labute approximate surface area is 101 Å². The molecule has 1 nitrogen and oxygen atoms in total. The van der Waals surface area contributed by atoms with Gasteiger partial charge in [-0.1, -0.05) is 47.1 Å². The van der Waals surface area contributed by atoms with Gasteiger partial charge in [-0.15, -0.1) is 6.58 Å². The topological polar surface area (TPSA) is 12.0 Å². The van der Waals surface area contributed by atoms with Gasteiger partial charge in [0.05, 0.1) is 0 Å². The van der Waals surface area contributed by atoms with E-state index in [-0.39, 0.29) is 0 Å². The fraction of sp³-hybridized carbons (Fsp3) is 0.385. The Morgan fingerprint density at radius 3 is 2.80 bits per heavy atom. The first-order valence-corrected chi connectivity index (χ1v) is 6.16. The molecule has 82 valence electrons. The lowest BCUT2D eigenvalue weighted by atomic mass is 10.1. The van der Waals surface area contributed by atoms with Gasteiger partial charge in [-0.25, -0.2) is 0 Å². The smallest absolute Gasteiger partial charge is 0.0288 e. The van der Waals surface area contributed by atoms with E-state index >= 15 is 0 Å². The molecule has 1 aromatic carbocycles. The molecule has 0 spiro atoms. The van der Waals surface area contributed by atoms with Crippen LogP contribution in [0.1, 0.15) is 18.9 Å². The number of benzene rings is 1. The maximum absolute atomic E-state index is 3.86. The van der Waals surface area contributed by atoms with Crippen LogP contribution in [0, 0.1) is 0 Å². The van der Waals surface area contributed by atoms with Crippen molar-refractivity contribution in [2.24, 2.45) is 0 Å². The minimum Gasteiger partial charge on any atom is -0.310 e. The first-order chi connectivity index (χ1) is 7.27. The van der Waals surface area contributed by atoms with E-state index in [2.05, 4.69) is 52.9 Å². The van der Waals surface area contributed by atoms with E-state index in [9.17, 15) is 0 Å². The van der Waals surface area contributed by atoms with Gasteiger partial charge in [-0.2, -0.15) is 0 Å². The molecule has 1 unspecified atom stereocenters. The van der Waals surface area contributed by atoms with E-state index in [4.69, 9.17) is 0 Å². The molecule has 0 heterocycles. The summed E-state index contributed by atoms with van der Waals surface area (Å²) in [6.07, 6.45) is 4.13. The number of hydrogen-bond acceptors (Lipinski definition) is 1. The Morgan fingerprint density at radius 1 is 1.47 bits per heavy atom. The van der Waals surface area contributed by atoms with E-state index in [1.54, 1.807) is 0 Å². The van der Waals surface area contributed by atoms with Crippen LogP contribution in [0.25, 0.3) is 0 Å². The van der Waals surface area contributed by atoms with Gasteiger partial charge >= 0.3 is 0 Å². The molecule has 1 aromatic rings. The molecule has 0 aliphatic heterocycles. The van der Waals surface area contributed by atoms with Crippen molar-refractivity contribution >= 4 is 15.9 Å².